The number of piperidine rings is 1. The maximum Gasteiger partial charge on any atom is 0.245 e. The van der Waals surface area contributed by atoms with Gasteiger partial charge in [0.15, 0.2) is 5.82 Å². The summed E-state index contributed by atoms with van der Waals surface area (Å²) >= 11 is 0. The van der Waals surface area contributed by atoms with Crippen LogP contribution in [0.4, 0.5) is 0 Å². The zero-order chi connectivity index (χ0) is 17.2. The van der Waals surface area contributed by atoms with E-state index < -0.39 is 10.0 Å². The summed E-state index contributed by atoms with van der Waals surface area (Å²) < 4.78 is 30.6. The molecule has 0 amide bonds. The number of hydrogen-bond acceptors (Lipinski definition) is 6. The van der Waals surface area contributed by atoms with E-state index in [-0.39, 0.29) is 6.04 Å². The third kappa shape index (κ3) is 4.15. The van der Waals surface area contributed by atoms with Crippen molar-refractivity contribution in [3.63, 3.8) is 0 Å². The molecule has 0 unspecified atom stereocenters. The van der Waals surface area contributed by atoms with Gasteiger partial charge >= 0.3 is 0 Å². The molecule has 7 nitrogen and oxygen atoms in total. The number of rotatable bonds is 6. The second kappa shape index (κ2) is 7.49. The van der Waals surface area contributed by atoms with Crippen molar-refractivity contribution in [2.75, 3.05) is 32.4 Å². The molecule has 0 N–H and O–H groups in total. The predicted molar refractivity (Wildman–Crippen MR) is 91.0 cm³/mol. The van der Waals surface area contributed by atoms with Gasteiger partial charge in [-0.15, -0.1) is 0 Å². The van der Waals surface area contributed by atoms with Crippen LogP contribution < -0.4 is 0 Å². The third-order valence-corrected chi connectivity index (χ3v) is 6.41. The van der Waals surface area contributed by atoms with Gasteiger partial charge < -0.3 is 9.42 Å². The van der Waals surface area contributed by atoms with Gasteiger partial charge in [-0.3, -0.25) is 0 Å². The zero-order valence-electron chi connectivity index (χ0n) is 14.6. The molecule has 1 aromatic rings. The first kappa shape index (κ1) is 17.8. The lowest BCUT2D eigenvalue weighted by atomic mass is 9.93. The molecule has 0 saturated carbocycles. The van der Waals surface area contributed by atoms with Crippen molar-refractivity contribution >= 4 is 10.0 Å². The molecule has 2 fully saturated rings. The van der Waals surface area contributed by atoms with E-state index >= 15 is 0 Å². The van der Waals surface area contributed by atoms with E-state index in [2.05, 4.69) is 22.0 Å². The quantitative estimate of drug-likeness (QED) is 0.774. The number of hydrogen-bond donors (Lipinski definition) is 0. The van der Waals surface area contributed by atoms with Gasteiger partial charge in [-0.1, -0.05) is 12.1 Å². The number of nitrogens with zero attached hydrogens (tertiary/aromatic N) is 4. The van der Waals surface area contributed by atoms with Gasteiger partial charge in [0, 0.05) is 13.0 Å². The largest absolute Gasteiger partial charge is 0.338 e. The minimum Gasteiger partial charge on any atom is -0.338 e. The second-order valence-electron chi connectivity index (χ2n) is 7.07. The van der Waals surface area contributed by atoms with Crippen LogP contribution in [0.15, 0.2) is 4.52 Å². The molecule has 0 bridgehead atoms. The van der Waals surface area contributed by atoms with Crippen LogP contribution in [-0.2, 0) is 16.4 Å². The van der Waals surface area contributed by atoms with Crippen molar-refractivity contribution < 1.29 is 12.9 Å². The van der Waals surface area contributed by atoms with Crippen molar-refractivity contribution in [1.82, 2.24) is 19.3 Å². The van der Waals surface area contributed by atoms with Crippen LogP contribution in [-0.4, -0.2) is 60.2 Å². The van der Waals surface area contributed by atoms with Gasteiger partial charge in [-0.25, -0.2) is 8.42 Å². The predicted octanol–water partition coefficient (Wildman–Crippen LogP) is 1.83. The highest BCUT2D eigenvalue weighted by Crippen LogP contribution is 2.33. The van der Waals surface area contributed by atoms with Crippen LogP contribution in [0.1, 0.15) is 56.8 Å². The molecule has 3 rings (SSSR count). The minimum absolute atomic E-state index is 0.285. The molecular weight excluding hydrogens is 328 g/mol. The van der Waals surface area contributed by atoms with Gasteiger partial charge in [-0.05, 0) is 57.7 Å². The highest BCUT2D eigenvalue weighted by molar-refractivity contribution is 7.88. The Kier molecular flexibility index (Phi) is 5.56. The highest BCUT2D eigenvalue weighted by atomic mass is 32.2. The Balaban J connectivity index is 1.58. The fourth-order valence-electron chi connectivity index (χ4n) is 3.86. The van der Waals surface area contributed by atoms with E-state index in [1.807, 2.05) is 0 Å². The lowest BCUT2D eigenvalue weighted by Gasteiger charge is -2.31. The first-order chi connectivity index (χ1) is 11.5. The van der Waals surface area contributed by atoms with Crippen LogP contribution in [0.25, 0.3) is 0 Å². The lowest BCUT2D eigenvalue weighted by molar-refractivity contribution is 0.182. The molecule has 2 saturated heterocycles. The Bertz CT molecular complexity index is 638. The van der Waals surface area contributed by atoms with Crippen molar-refractivity contribution in [3.05, 3.63) is 11.7 Å². The molecule has 1 atom stereocenters. The fraction of sp³-hybridized carbons (Fsp3) is 0.875. The smallest absolute Gasteiger partial charge is 0.245 e. The topological polar surface area (TPSA) is 79.5 Å². The monoisotopic (exact) mass is 356 g/mol. The standard InChI is InChI=1S/C16H28N4O3S/c1-3-8-19-10-6-13(7-11-19)12-15-17-16(23-18-15)14-5-4-9-20(14)24(2,21)22/h13-14H,3-12H2,1-2H3/t14-/m1/s1. The molecule has 24 heavy (non-hydrogen) atoms. The van der Waals surface area contributed by atoms with E-state index in [0.29, 0.717) is 18.4 Å². The van der Waals surface area contributed by atoms with Crippen LogP contribution in [0, 0.1) is 5.92 Å². The normalized spacial score (nSPS) is 24.7. The maximum absolute atomic E-state index is 11.9. The van der Waals surface area contributed by atoms with E-state index in [9.17, 15) is 8.42 Å². The summed E-state index contributed by atoms with van der Waals surface area (Å²) in [4.78, 5) is 7.02. The van der Waals surface area contributed by atoms with E-state index in [1.54, 1.807) is 0 Å². The number of likely N-dealkylation sites (tertiary alicyclic amines) is 1. The molecule has 0 aromatic carbocycles. The summed E-state index contributed by atoms with van der Waals surface area (Å²) in [7, 11) is -3.23. The van der Waals surface area contributed by atoms with E-state index in [1.165, 1.54) is 36.4 Å². The van der Waals surface area contributed by atoms with Gasteiger partial charge in [0.1, 0.15) is 6.04 Å². The van der Waals surface area contributed by atoms with Gasteiger partial charge in [0.2, 0.25) is 15.9 Å². The molecule has 0 spiro atoms. The molecule has 2 aliphatic heterocycles. The van der Waals surface area contributed by atoms with Crippen molar-refractivity contribution in [1.29, 1.82) is 0 Å². The summed E-state index contributed by atoms with van der Waals surface area (Å²) in [6.07, 6.45) is 7.21. The fourth-order valence-corrected chi connectivity index (χ4v) is 4.98. The average molecular weight is 356 g/mol. The summed E-state index contributed by atoms with van der Waals surface area (Å²) in [5.41, 5.74) is 0. The first-order valence-corrected chi connectivity index (χ1v) is 10.8. The highest BCUT2D eigenvalue weighted by Gasteiger charge is 2.36. The summed E-state index contributed by atoms with van der Waals surface area (Å²) in [6.45, 7) is 6.23. The van der Waals surface area contributed by atoms with Gasteiger partial charge in [0.05, 0.1) is 6.26 Å². The molecule has 3 heterocycles. The van der Waals surface area contributed by atoms with E-state index in [4.69, 9.17) is 4.52 Å². The molecule has 0 radical (unpaired) electrons. The molecule has 8 heteroatoms. The van der Waals surface area contributed by atoms with Crippen LogP contribution in [0.2, 0.25) is 0 Å². The minimum atomic E-state index is -3.23. The third-order valence-electron chi connectivity index (χ3n) is 5.12. The summed E-state index contributed by atoms with van der Waals surface area (Å²) in [5, 5.41) is 4.11. The Morgan fingerprint density at radius 1 is 1.21 bits per heavy atom. The van der Waals surface area contributed by atoms with Crippen LogP contribution in [0.3, 0.4) is 0 Å². The number of aromatic nitrogens is 2. The maximum atomic E-state index is 11.9. The molecule has 136 valence electrons. The summed E-state index contributed by atoms with van der Waals surface area (Å²) in [5.74, 6) is 1.77. The average Bonchev–Trinajstić information content (AvgIpc) is 3.17. The van der Waals surface area contributed by atoms with Crippen LogP contribution in [0.5, 0.6) is 0 Å². The molecule has 0 aliphatic carbocycles. The Morgan fingerprint density at radius 2 is 1.96 bits per heavy atom. The molecule has 2 aliphatic rings. The Labute approximate surface area is 144 Å². The first-order valence-electron chi connectivity index (χ1n) is 8.99. The Hall–Kier alpha value is -0.990. The summed E-state index contributed by atoms with van der Waals surface area (Å²) in [6, 6.07) is -0.285. The number of sulfonamides is 1. The van der Waals surface area contributed by atoms with E-state index in [0.717, 1.165) is 38.2 Å². The van der Waals surface area contributed by atoms with Gasteiger partial charge in [-0.2, -0.15) is 9.29 Å². The Morgan fingerprint density at radius 3 is 2.62 bits per heavy atom. The molecule has 1 aromatic heterocycles. The van der Waals surface area contributed by atoms with Crippen LogP contribution >= 0.6 is 0 Å². The van der Waals surface area contributed by atoms with Crippen molar-refractivity contribution in [3.8, 4) is 0 Å². The SMILES string of the molecule is CCCN1CCC(Cc2noc([C@H]3CCCN3S(C)(=O)=O)n2)CC1. The second-order valence-corrected chi connectivity index (χ2v) is 9.00. The van der Waals surface area contributed by atoms with Crippen molar-refractivity contribution in [2.45, 2.75) is 51.5 Å². The lowest BCUT2D eigenvalue weighted by Crippen LogP contribution is -2.34. The molecular formula is C16H28N4O3S. The van der Waals surface area contributed by atoms with Crippen molar-refractivity contribution in [2.24, 2.45) is 5.92 Å². The van der Waals surface area contributed by atoms with Gasteiger partial charge in [0.25, 0.3) is 0 Å². The zero-order valence-corrected chi connectivity index (χ0v) is 15.5.